The van der Waals surface area contributed by atoms with Gasteiger partial charge in [0.05, 0.1) is 10.6 Å². The van der Waals surface area contributed by atoms with Crippen molar-refractivity contribution in [2.45, 2.75) is 50.5 Å². The summed E-state index contributed by atoms with van der Waals surface area (Å²) in [5, 5.41) is 0. The van der Waals surface area contributed by atoms with Crippen molar-refractivity contribution < 1.29 is 13.2 Å². The number of aryl methyl sites for hydroxylation is 2. The van der Waals surface area contributed by atoms with Crippen LogP contribution < -0.4 is 4.72 Å². The van der Waals surface area contributed by atoms with Crippen LogP contribution in [0.4, 0.5) is 5.69 Å². The summed E-state index contributed by atoms with van der Waals surface area (Å²) in [6.45, 7) is 7.50. The van der Waals surface area contributed by atoms with Crippen molar-refractivity contribution in [3.05, 3.63) is 59.2 Å². The quantitative estimate of drug-likeness (QED) is 0.766. The van der Waals surface area contributed by atoms with Crippen LogP contribution in [0.1, 0.15) is 47.2 Å². The maximum absolute atomic E-state index is 13.2. The third-order valence-corrected chi connectivity index (χ3v) is 7.91. The summed E-state index contributed by atoms with van der Waals surface area (Å²) in [6, 6.07) is 12.6. The third-order valence-electron chi connectivity index (χ3n) is 6.55. The Morgan fingerprint density at radius 1 is 0.935 bits per heavy atom. The molecule has 0 unspecified atom stereocenters. The molecule has 2 fully saturated rings. The van der Waals surface area contributed by atoms with Gasteiger partial charge in [-0.2, -0.15) is 0 Å². The van der Waals surface area contributed by atoms with Crippen LogP contribution in [-0.2, 0) is 10.0 Å². The molecule has 4 rings (SSSR count). The fourth-order valence-corrected chi connectivity index (χ4v) is 5.76. The fourth-order valence-electron chi connectivity index (χ4n) is 4.60. The summed E-state index contributed by atoms with van der Waals surface area (Å²) in [5.74, 6) is -0.0784. The first-order valence-electron chi connectivity index (χ1n) is 11.1. The van der Waals surface area contributed by atoms with E-state index in [9.17, 15) is 13.2 Å². The van der Waals surface area contributed by atoms with Crippen LogP contribution >= 0.6 is 0 Å². The number of benzene rings is 2. The van der Waals surface area contributed by atoms with Gasteiger partial charge in [-0.25, -0.2) is 8.42 Å². The number of hydrogen-bond donors (Lipinski definition) is 1. The molecule has 31 heavy (non-hydrogen) atoms. The molecule has 0 aliphatic carbocycles. The number of carbonyl (C=O) groups is 1. The maximum atomic E-state index is 13.2. The number of rotatable bonds is 5. The van der Waals surface area contributed by atoms with Crippen LogP contribution in [0, 0.1) is 13.8 Å². The van der Waals surface area contributed by atoms with Crippen molar-refractivity contribution in [3.8, 4) is 0 Å². The first kappa shape index (κ1) is 21.8. The van der Waals surface area contributed by atoms with Crippen LogP contribution in [0.5, 0.6) is 0 Å². The van der Waals surface area contributed by atoms with Crippen molar-refractivity contribution in [3.63, 3.8) is 0 Å². The summed E-state index contributed by atoms with van der Waals surface area (Å²) < 4.78 is 28.6. The Morgan fingerprint density at radius 2 is 1.61 bits per heavy atom. The number of amides is 1. The zero-order valence-corrected chi connectivity index (χ0v) is 19.1. The summed E-state index contributed by atoms with van der Waals surface area (Å²) in [6.07, 6.45) is 4.52. The van der Waals surface area contributed by atoms with Gasteiger partial charge >= 0.3 is 0 Å². The Bertz CT molecular complexity index is 1050. The number of nitrogens with one attached hydrogen (secondary N) is 1. The molecule has 0 radical (unpaired) electrons. The van der Waals surface area contributed by atoms with E-state index in [1.165, 1.54) is 32.0 Å². The molecule has 2 saturated heterocycles. The van der Waals surface area contributed by atoms with E-state index in [1.54, 1.807) is 24.3 Å². The molecule has 2 aromatic carbocycles. The Labute approximate surface area is 185 Å². The second-order valence-electron chi connectivity index (χ2n) is 8.66. The van der Waals surface area contributed by atoms with Crippen molar-refractivity contribution in [2.24, 2.45) is 0 Å². The second-order valence-corrected chi connectivity index (χ2v) is 10.3. The van der Waals surface area contributed by atoms with Crippen molar-refractivity contribution in [2.75, 3.05) is 30.9 Å². The number of carbonyl (C=O) groups excluding carboxylic acids is 1. The third kappa shape index (κ3) is 4.77. The second kappa shape index (κ2) is 9.01. The Kier molecular flexibility index (Phi) is 6.34. The molecule has 0 aromatic heterocycles. The normalized spacial score (nSPS) is 18.3. The van der Waals surface area contributed by atoms with Crippen molar-refractivity contribution in [1.29, 1.82) is 0 Å². The van der Waals surface area contributed by atoms with Gasteiger partial charge in [0.15, 0.2) is 0 Å². The van der Waals surface area contributed by atoms with Crippen LogP contribution in [0.25, 0.3) is 0 Å². The summed E-state index contributed by atoms with van der Waals surface area (Å²) in [7, 11) is -3.79. The number of anilines is 1. The molecule has 2 aliphatic heterocycles. The van der Waals surface area contributed by atoms with E-state index in [-0.39, 0.29) is 10.8 Å². The van der Waals surface area contributed by atoms with Gasteiger partial charge in [0, 0.05) is 24.7 Å². The molecular weight excluding hydrogens is 410 g/mol. The molecule has 2 aromatic rings. The lowest BCUT2D eigenvalue weighted by Crippen LogP contribution is -2.46. The average molecular weight is 442 g/mol. The maximum Gasteiger partial charge on any atom is 0.261 e. The number of sulfonamides is 1. The summed E-state index contributed by atoms with van der Waals surface area (Å²) in [5.41, 5.74) is 2.64. The largest absolute Gasteiger partial charge is 0.339 e. The van der Waals surface area contributed by atoms with E-state index < -0.39 is 10.0 Å². The van der Waals surface area contributed by atoms with Gasteiger partial charge in [-0.3, -0.25) is 9.52 Å². The zero-order valence-electron chi connectivity index (χ0n) is 18.3. The lowest BCUT2D eigenvalue weighted by molar-refractivity contribution is 0.0643. The van der Waals surface area contributed by atoms with Gasteiger partial charge in [-0.1, -0.05) is 24.3 Å². The minimum absolute atomic E-state index is 0.0784. The molecule has 2 aliphatic rings. The molecule has 1 amide bonds. The molecule has 0 atom stereocenters. The Balaban J connectivity index is 1.50. The topological polar surface area (TPSA) is 69.7 Å². The first-order valence-corrected chi connectivity index (χ1v) is 12.6. The molecule has 1 N–H and O–H groups in total. The van der Waals surface area contributed by atoms with Gasteiger partial charge in [0.25, 0.3) is 15.9 Å². The smallest absolute Gasteiger partial charge is 0.261 e. The highest BCUT2D eigenvalue weighted by Crippen LogP contribution is 2.25. The first-order chi connectivity index (χ1) is 14.8. The number of likely N-dealkylation sites (tertiary alicyclic amines) is 2. The minimum atomic E-state index is -3.79. The minimum Gasteiger partial charge on any atom is -0.339 e. The van der Waals surface area contributed by atoms with E-state index in [2.05, 4.69) is 9.62 Å². The van der Waals surface area contributed by atoms with E-state index in [4.69, 9.17) is 0 Å². The SMILES string of the molecule is Cc1ccccc1NS(=O)(=O)c1ccc(C)c(C(=O)N2CCC(N3CCCC3)CC2)c1. The molecule has 7 heteroatoms. The average Bonchev–Trinajstić information content (AvgIpc) is 3.30. The van der Waals surface area contributed by atoms with E-state index >= 15 is 0 Å². The van der Waals surface area contributed by atoms with Gasteiger partial charge < -0.3 is 9.80 Å². The molecule has 166 valence electrons. The lowest BCUT2D eigenvalue weighted by Gasteiger charge is -2.36. The highest BCUT2D eigenvalue weighted by atomic mass is 32.2. The van der Waals surface area contributed by atoms with E-state index in [1.807, 2.05) is 30.9 Å². The molecular formula is C24H31N3O3S. The van der Waals surface area contributed by atoms with Gasteiger partial charge in [-0.15, -0.1) is 0 Å². The molecule has 0 spiro atoms. The predicted molar refractivity (Wildman–Crippen MR) is 123 cm³/mol. The molecule has 0 bridgehead atoms. The fraction of sp³-hybridized carbons (Fsp3) is 0.458. The summed E-state index contributed by atoms with van der Waals surface area (Å²) in [4.78, 5) is 17.8. The van der Waals surface area contributed by atoms with Crippen molar-refractivity contribution in [1.82, 2.24) is 9.80 Å². The monoisotopic (exact) mass is 441 g/mol. The van der Waals surface area contributed by atoms with Crippen molar-refractivity contribution >= 4 is 21.6 Å². The highest BCUT2D eigenvalue weighted by Gasteiger charge is 2.29. The Morgan fingerprint density at radius 3 is 2.29 bits per heavy atom. The summed E-state index contributed by atoms with van der Waals surface area (Å²) >= 11 is 0. The van der Waals surface area contributed by atoms with Crippen LogP contribution in [0.15, 0.2) is 47.4 Å². The predicted octanol–water partition coefficient (Wildman–Crippen LogP) is 3.80. The van der Waals surface area contributed by atoms with Crippen LogP contribution in [0.2, 0.25) is 0 Å². The number of piperidine rings is 1. The lowest BCUT2D eigenvalue weighted by atomic mass is 10.0. The standard InChI is InChI=1S/C24H31N3O3S/c1-18-9-10-21(31(29,30)25-23-8-4-3-7-19(23)2)17-22(18)24(28)27-15-11-20(12-16-27)26-13-5-6-14-26/h3-4,7-10,17,20,25H,5-6,11-16H2,1-2H3. The number of para-hydroxylation sites is 1. The van der Waals surface area contributed by atoms with E-state index in [0.717, 1.165) is 37.1 Å². The van der Waals surface area contributed by atoms with Gasteiger partial charge in [0.1, 0.15) is 0 Å². The highest BCUT2D eigenvalue weighted by molar-refractivity contribution is 7.92. The molecule has 6 nitrogen and oxygen atoms in total. The molecule has 2 heterocycles. The number of hydrogen-bond acceptors (Lipinski definition) is 4. The Hall–Kier alpha value is -2.38. The van der Waals surface area contributed by atoms with Gasteiger partial charge in [-0.05, 0) is 81.9 Å². The van der Waals surface area contributed by atoms with Gasteiger partial charge in [0.2, 0.25) is 0 Å². The zero-order chi connectivity index (χ0) is 22.0. The number of nitrogens with zero attached hydrogens (tertiary/aromatic N) is 2. The molecule has 0 saturated carbocycles. The van der Waals surface area contributed by atoms with E-state index in [0.29, 0.717) is 17.3 Å². The van der Waals surface area contributed by atoms with Crippen LogP contribution in [0.3, 0.4) is 0 Å². The van der Waals surface area contributed by atoms with Crippen LogP contribution in [-0.4, -0.2) is 56.3 Å².